The van der Waals surface area contributed by atoms with Crippen molar-refractivity contribution in [3.05, 3.63) is 65.7 Å². The number of nitrogens with one attached hydrogen (secondary N) is 3. The number of carbonyl (C=O) groups is 4. The van der Waals surface area contributed by atoms with Crippen LogP contribution in [0.3, 0.4) is 0 Å². The van der Waals surface area contributed by atoms with E-state index in [2.05, 4.69) is 16.0 Å². The van der Waals surface area contributed by atoms with Crippen LogP contribution in [-0.4, -0.2) is 58.6 Å². The fourth-order valence-corrected chi connectivity index (χ4v) is 2.97. The van der Waals surface area contributed by atoms with Gasteiger partial charge in [-0.1, -0.05) is 42.5 Å². The fraction of sp³-hybridized carbons (Fsp3) is 0.304. The van der Waals surface area contributed by atoms with E-state index in [1.165, 1.54) is 19.1 Å². The third-order valence-electron chi connectivity index (χ3n) is 4.76. The van der Waals surface area contributed by atoms with E-state index in [-0.39, 0.29) is 25.1 Å². The van der Waals surface area contributed by atoms with Gasteiger partial charge in [-0.25, -0.2) is 4.79 Å². The molecule has 10 nitrogen and oxygen atoms in total. The zero-order valence-corrected chi connectivity index (χ0v) is 18.2. The van der Waals surface area contributed by atoms with E-state index in [0.717, 1.165) is 5.56 Å². The Kier molecular flexibility index (Phi) is 9.37. The van der Waals surface area contributed by atoms with Crippen molar-refractivity contribution >= 4 is 23.7 Å². The van der Waals surface area contributed by atoms with Crippen LogP contribution in [0.4, 0.5) is 0 Å². The highest BCUT2D eigenvalue weighted by Gasteiger charge is 2.27. The first-order valence-corrected chi connectivity index (χ1v) is 10.3. The molecule has 7 N–H and O–H groups in total. The highest BCUT2D eigenvalue weighted by molar-refractivity contribution is 5.92. The molecule has 2 aromatic carbocycles. The molecule has 33 heavy (non-hydrogen) atoms. The van der Waals surface area contributed by atoms with Gasteiger partial charge in [0.25, 0.3) is 0 Å². The number of aliphatic carboxylic acids is 1. The molecule has 176 valence electrons. The number of benzene rings is 2. The maximum absolute atomic E-state index is 13.0. The van der Waals surface area contributed by atoms with Crippen molar-refractivity contribution in [2.45, 2.75) is 37.9 Å². The van der Waals surface area contributed by atoms with Gasteiger partial charge in [0.05, 0.1) is 12.6 Å². The number of phenolic OH excluding ortho intramolecular Hbond substituents is 1. The van der Waals surface area contributed by atoms with Gasteiger partial charge in [0.15, 0.2) is 0 Å². The molecule has 0 aliphatic heterocycles. The minimum Gasteiger partial charge on any atom is -0.508 e. The largest absolute Gasteiger partial charge is 0.508 e. The predicted octanol–water partition coefficient (Wildman–Crippen LogP) is -0.305. The van der Waals surface area contributed by atoms with Crippen LogP contribution in [0.5, 0.6) is 5.75 Å². The molecular formula is C23H28N4O6. The van der Waals surface area contributed by atoms with Crippen LogP contribution < -0.4 is 21.7 Å². The zero-order valence-electron chi connectivity index (χ0n) is 18.2. The van der Waals surface area contributed by atoms with E-state index in [9.17, 15) is 29.4 Å². The molecule has 0 saturated heterocycles. The van der Waals surface area contributed by atoms with Crippen molar-refractivity contribution in [1.82, 2.24) is 16.0 Å². The molecule has 3 atom stereocenters. The lowest BCUT2D eigenvalue weighted by atomic mass is 10.0. The summed E-state index contributed by atoms with van der Waals surface area (Å²) in [5.74, 6) is -3.03. The summed E-state index contributed by atoms with van der Waals surface area (Å²) >= 11 is 0. The molecule has 0 spiro atoms. The summed E-state index contributed by atoms with van der Waals surface area (Å²) in [5.41, 5.74) is 6.80. The predicted molar refractivity (Wildman–Crippen MR) is 120 cm³/mol. The third-order valence-corrected chi connectivity index (χ3v) is 4.76. The third kappa shape index (κ3) is 8.62. The molecular weight excluding hydrogens is 428 g/mol. The topological polar surface area (TPSA) is 171 Å². The lowest BCUT2D eigenvalue weighted by Gasteiger charge is -2.22. The number of rotatable bonds is 11. The van der Waals surface area contributed by atoms with Crippen LogP contribution in [0.1, 0.15) is 18.1 Å². The van der Waals surface area contributed by atoms with Gasteiger partial charge in [-0.15, -0.1) is 0 Å². The second kappa shape index (κ2) is 12.2. The van der Waals surface area contributed by atoms with Crippen molar-refractivity contribution in [2.75, 3.05) is 6.54 Å². The van der Waals surface area contributed by atoms with Crippen molar-refractivity contribution in [3.8, 4) is 5.75 Å². The summed E-state index contributed by atoms with van der Waals surface area (Å²) in [4.78, 5) is 48.6. The van der Waals surface area contributed by atoms with E-state index < -0.39 is 41.8 Å². The van der Waals surface area contributed by atoms with E-state index >= 15 is 0 Å². The van der Waals surface area contributed by atoms with Gasteiger partial charge in [-0.3, -0.25) is 14.4 Å². The molecule has 0 heterocycles. The Bertz CT molecular complexity index is 963. The summed E-state index contributed by atoms with van der Waals surface area (Å²) in [6, 6.07) is 11.7. The van der Waals surface area contributed by atoms with Gasteiger partial charge in [0.1, 0.15) is 17.8 Å². The Morgan fingerprint density at radius 2 is 1.42 bits per heavy atom. The number of carboxylic acids is 1. The van der Waals surface area contributed by atoms with Crippen LogP contribution in [0.25, 0.3) is 0 Å². The van der Waals surface area contributed by atoms with Gasteiger partial charge in [-0.05, 0) is 30.2 Å². The molecule has 2 rings (SSSR count). The van der Waals surface area contributed by atoms with Gasteiger partial charge in [-0.2, -0.15) is 0 Å². The molecule has 3 amide bonds. The summed E-state index contributed by atoms with van der Waals surface area (Å²) in [5, 5.41) is 26.3. The molecule has 0 saturated carbocycles. The fourth-order valence-electron chi connectivity index (χ4n) is 2.97. The van der Waals surface area contributed by atoms with Crippen molar-refractivity contribution in [2.24, 2.45) is 5.73 Å². The molecule has 0 radical (unpaired) electrons. The Morgan fingerprint density at radius 1 is 0.848 bits per heavy atom. The highest BCUT2D eigenvalue weighted by atomic mass is 16.4. The molecule has 10 heteroatoms. The smallest absolute Gasteiger partial charge is 0.326 e. The molecule has 2 aromatic rings. The van der Waals surface area contributed by atoms with Crippen LogP contribution in [0, 0.1) is 0 Å². The number of hydrogen-bond acceptors (Lipinski definition) is 6. The van der Waals surface area contributed by atoms with Crippen molar-refractivity contribution in [3.63, 3.8) is 0 Å². The SMILES string of the molecule is CC(N)C(=O)NCC(=O)NC(Cc1ccccc1)C(=O)NC(Cc1ccc(O)cc1)C(=O)O. The standard InChI is InChI=1S/C23H28N4O6/c1-14(24)21(30)25-13-20(29)26-18(11-15-5-3-2-4-6-15)22(31)27-19(23(32)33)12-16-7-9-17(28)10-8-16/h2-10,14,18-19,28H,11-13,24H2,1H3,(H,25,30)(H,26,29)(H,27,31)(H,32,33). The van der Waals surface area contributed by atoms with Crippen LogP contribution in [0.2, 0.25) is 0 Å². The number of amides is 3. The quantitative estimate of drug-likeness (QED) is 0.269. The summed E-state index contributed by atoms with van der Waals surface area (Å²) in [6.45, 7) is 1.09. The molecule has 0 aliphatic rings. The summed E-state index contributed by atoms with van der Waals surface area (Å²) in [7, 11) is 0. The second-order valence-electron chi connectivity index (χ2n) is 7.59. The number of phenols is 1. The minimum absolute atomic E-state index is 0.0161. The number of hydrogen-bond donors (Lipinski definition) is 6. The van der Waals surface area contributed by atoms with E-state index in [1.54, 1.807) is 42.5 Å². The first-order valence-electron chi connectivity index (χ1n) is 10.3. The Morgan fingerprint density at radius 3 is 2.00 bits per heavy atom. The number of aromatic hydroxyl groups is 1. The maximum Gasteiger partial charge on any atom is 0.326 e. The van der Waals surface area contributed by atoms with E-state index in [4.69, 9.17) is 5.73 Å². The van der Waals surface area contributed by atoms with Crippen LogP contribution >= 0.6 is 0 Å². The number of carboxylic acid groups (broad SMARTS) is 1. The zero-order chi connectivity index (χ0) is 24.4. The lowest BCUT2D eigenvalue weighted by molar-refractivity contribution is -0.142. The van der Waals surface area contributed by atoms with Gasteiger partial charge in [0, 0.05) is 12.8 Å². The average molecular weight is 456 g/mol. The Hall–Kier alpha value is -3.92. The molecule has 0 fully saturated rings. The Labute approximate surface area is 191 Å². The number of carbonyl (C=O) groups excluding carboxylic acids is 3. The number of nitrogens with two attached hydrogens (primary N) is 1. The normalized spacial score (nSPS) is 13.3. The second-order valence-corrected chi connectivity index (χ2v) is 7.59. The minimum atomic E-state index is -1.25. The molecule has 3 unspecified atom stereocenters. The van der Waals surface area contributed by atoms with Gasteiger partial charge in [0.2, 0.25) is 17.7 Å². The van der Waals surface area contributed by atoms with Gasteiger partial charge < -0.3 is 31.9 Å². The van der Waals surface area contributed by atoms with E-state index in [0.29, 0.717) is 5.56 Å². The van der Waals surface area contributed by atoms with E-state index in [1.807, 2.05) is 0 Å². The lowest BCUT2D eigenvalue weighted by Crippen LogP contribution is -2.54. The average Bonchev–Trinajstić information content (AvgIpc) is 2.78. The van der Waals surface area contributed by atoms with Crippen LogP contribution in [0.15, 0.2) is 54.6 Å². The summed E-state index contributed by atoms with van der Waals surface area (Å²) in [6.07, 6.45) is 0.100. The summed E-state index contributed by atoms with van der Waals surface area (Å²) < 4.78 is 0. The van der Waals surface area contributed by atoms with Crippen LogP contribution in [-0.2, 0) is 32.0 Å². The first-order chi connectivity index (χ1) is 15.7. The van der Waals surface area contributed by atoms with Gasteiger partial charge >= 0.3 is 5.97 Å². The highest BCUT2D eigenvalue weighted by Crippen LogP contribution is 2.12. The van der Waals surface area contributed by atoms with Crippen molar-refractivity contribution < 1.29 is 29.4 Å². The Balaban J connectivity index is 2.11. The monoisotopic (exact) mass is 456 g/mol. The molecule has 0 aliphatic carbocycles. The molecule has 0 bridgehead atoms. The van der Waals surface area contributed by atoms with Crippen molar-refractivity contribution in [1.29, 1.82) is 0 Å². The molecule has 0 aromatic heterocycles. The first kappa shape index (κ1) is 25.3. The maximum atomic E-state index is 13.0.